The first-order valence-electron chi connectivity index (χ1n) is 10.4. The van der Waals surface area contributed by atoms with Crippen LogP contribution in [-0.2, 0) is 4.74 Å². The predicted octanol–water partition coefficient (Wildman–Crippen LogP) is 4.47. The summed E-state index contributed by atoms with van der Waals surface area (Å²) in [5, 5.41) is 4.50. The molecule has 1 aliphatic heterocycles. The van der Waals surface area contributed by atoms with Gasteiger partial charge in [0.1, 0.15) is 18.1 Å². The maximum atomic E-state index is 6.09. The Morgan fingerprint density at radius 2 is 2.03 bits per heavy atom. The molecule has 156 valence electrons. The number of methoxy groups -OCH3 is 1. The van der Waals surface area contributed by atoms with Crippen molar-refractivity contribution in [2.75, 3.05) is 26.9 Å². The van der Waals surface area contributed by atoms with Crippen molar-refractivity contribution < 1.29 is 14.2 Å². The molecule has 0 radical (unpaired) electrons. The van der Waals surface area contributed by atoms with Crippen molar-refractivity contribution in [2.45, 2.75) is 25.0 Å². The van der Waals surface area contributed by atoms with E-state index in [2.05, 4.69) is 46.7 Å². The molecule has 0 unspecified atom stereocenters. The van der Waals surface area contributed by atoms with E-state index in [1.807, 2.05) is 30.3 Å². The van der Waals surface area contributed by atoms with Crippen LogP contribution in [0.2, 0.25) is 0 Å². The Kier molecular flexibility index (Phi) is 6.95. The van der Waals surface area contributed by atoms with Crippen molar-refractivity contribution >= 4 is 17.0 Å². The second-order valence-corrected chi connectivity index (χ2v) is 7.46. The number of rotatable bonds is 8. The van der Waals surface area contributed by atoms with Gasteiger partial charge in [-0.3, -0.25) is 4.98 Å². The first-order valence-corrected chi connectivity index (χ1v) is 10.4. The highest BCUT2D eigenvalue weighted by Crippen LogP contribution is 2.28. The van der Waals surface area contributed by atoms with E-state index in [1.165, 1.54) is 5.56 Å². The molecule has 1 aliphatic rings. The average molecular weight is 405 g/mol. The van der Waals surface area contributed by atoms with Gasteiger partial charge >= 0.3 is 0 Å². The fourth-order valence-electron chi connectivity index (χ4n) is 3.62. The first kappa shape index (κ1) is 20.4. The van der Waals surface area contributed by atoms with Gasteiger partial charge < -0.3 is 19.5 Å². The van der Waals surface area contributed by atoms with Crippen molar-refractivity contribution in [3.8, 4) is 11.5 Å². The van der Waals surface area contributed by atoms with Gasteiger partial charge in [0, 0.05) is 18.0 Å². The zero-order valence-electron chi connectivity index (χ0n) is 17.3. The van der Waals surface area contributed by atoms with Crippen LogP contribution in [-0.4, -0.2) is 44.0 Å². The zero-order chi connectivity index (χ0) is 20.6. The quantitative estimate of drug-likeness (QED) is 0.600. The number of nitrogens with zero attached hydrogens (tertiary/aromatic N) is 1. The van der Waals surface area contributed by atoms with E-state index in [9.17, 15) is 0 Å². The van der Waals surface area contributed by atoms with Gasteiger partial charge in [0.05, 0.1) is 31.5 Å². The summed E-state index contributed by atoms with van der Waals surface area (Å²) in [5.41, 5.74) is 2.11. The number of benzene rings is 2. The second kappa shape index (κ2) is 10.2. The van der Waals surface area contributed by atoms with E-state index in [0.29, 0.717) is 19.3 Å². The highest BCUT2D eigenvalue weighted by Gasteiger charge is 2.21. The maximum absolute atomic E-state index is 6.09. The third-order valence-corrected chi connectivity index (χ3v) is 5.33. The van der Waals surface area contributed by atoms with Gasteiger partial charge in [0.25, 0.3) is 0 Å². The second-order valence-electron chi connectivity index (χ2n) is 7.46. The Bertz CT molecular complexity index is 967. The lowest BCUT2D eigenvalue weighted by atomic mass is 10.1. The highest BCUT2D eigenvalue weighted by molar-refractivity contribution is 5.86. The third-order valence-electron chi connectivity index (χ3n) is 5.33. The molecule has 0 aliphatic carbocycles. The van der Waals surface area contributed by atoms with E-state index < -0.39 is 0 Å². The molecule has 5 heteroatoms. The molecule has 5 nitrogen and oxygen atoms in total. The Labute approximate surface area is 177 Å². The van der Waals surface area contributed by atoms with E-state index in [0.717, 1.165) is 41.8 Å². The molecule has 0 bridgehead atoms. The summed E-state index contributed by atoms with van der Waals surface area (Å²) in [7, 11) is 1.64. The van der Waals surface area contributed by atoms with Crippen molar-refractivity contribution in [1.82, 2.24) is 10.3 Å². The Hall–Kier alpha value is -2.89. The van der Waals surface area contributed by atoms with Crippen LogP contribution in [0.25, 0.3) is 17.0 Å². The van der Waals surface area contributed by atoms with Gasteiger partial charge in [-0.1, -0.05) is 48.6 Å². The summed E-state index contributed by atoms with van der Waals surface area (Å²) in [6, 6.07) is 18.6. The summed E-state index contributed by atoms with van der Waals surface area (Å²) >= 11 is 0. The topological polar surface area (TPSA) is 52.6 Å². The zero-order valence-corrected chi connectivity index (χ0v) is 17.3. The molecule has 0 spiro atoms. The lowest BCUT2D eigenvalue weighted by molar-refractivity contribution is -0.0252. The number of hydrogen-bond donors (Lipinski definition) is 1. The molecule has 1 fully saturated rings. The number of nitrogens with one attached hydrogen (secondary N) is 1. The largest absolute Gasteiger partial charge is 0.495 e. The molecule has 1 aromatic heterocycles. The SMILES string of the molecule is COc1cnc2cccc(OC[C@@H]3CC[C@@H](NCC=Cc4ccccc4)CO3)c2c1. The molecular formula is C25H28N2O3. The number of aromatic nitrogens is 1. The minimum absolute atomic E-state index is 0.108. The van der Waals surface area contributed by atoms with Gasteiger partial charge in [-0.25, -0.2) is 0 Å². The normalized spacial score (nSPS) is 19.2. The standard InChI is InChI=1S/C25H28N2O3/c1-28-22-15-23-24(27-16-22)10-5-11-25(23)30-18-21-13-12-20(17-29-21)26-14-6-9-19-7-3-2-4-8-19/h2-11,15-16,20-21,26H,12-14,17-18H2,1H3/t20-,21+/m1/s1. The van der Waals surface area contributed by atoms with Gasteiger partial charge in [0.2, 0.25) is 0 Å². The van der Waals surface area contributed by atoms with Crippen LogP contribution < -0.4 is 14.8 Å². The predicted molar refractivity (Wildman–Crippen MR) is 120 cm³/mol. The first-order chi connectivity index (χ1) is 14.8. The van der Waals surface area contributed by atoms with Gasteiger partial charge in [-0.05, 0) is 36.6 Å². The lowest BCUT2D eigenvalue weighted by Crippen LogP contribution is -2.41. The van der Waals surface area contributed by atoms with Crippen LogP contribution in [0, 0.1) is 0 Å². The van der Waals surface area contributed by atoms with Crippen LogP contribution in [0.4, 0.5) is 0 Å². The minimum Gasteiger partial charge on any atom is -0.495 e. The number of ether oxygens (including phenoxy) is 3. The summed E-state index contributed by atoms with van der Waals surface area (Å²) < 4.78 is 17.4. The summed E-state index contributed by atoms with van der Waals surface area (Å²) in [5.74, 6) is 1.54. The van der Waals surface area contributed by atoms with Gasteiger partial charge in [-0.15, -0.1) is 0 Å². The molecule has 3 aromatic rings. The van der Waals surface area contributed by atoms with Crippen molar-refractivity contribution in [2.24, 2.45) is 0 Å². The fourth-order valence-corrected chi connectivity index (χ4v) is 3.62. The molecule has 2 heterocycles. The number of hydrogen-bond acceptors (Lipinski definition) is 5. The van der Waals surface area contributed by atoms with Gasteiger partial charge in [0.15, 0.2) is 0 Å². The fraction of sp³-hybridized carbons (Fsp3) is 0.320. The number of fused-ring (bicyclic) bond motifs is 1. The van der Waals surface area contributed by atoms with Crippen molar-refractivity contribution in [3.63, 3.8) is 0 Å². The molecule has 1 saturated heterocycles. The molecule has 4 rings (SSSR count). The van der Waals surface area contributed by atoms with Crippen LogP contribution in [0.3, 0.4) is 0 Å². The van der Waals surface area contributed by atoms with Gasteiger partial charge in [-0.2, -0.15) is 0 Å². The minimum atomic E-state index is 0.108. The molecule has 2 atom stereocenters. The smallest absolute Gasteiger partial charge is 0.137 e. The van der Waals surface area contributed by atoms with Crippen molar-refractivity contribution in [3.05, 3.63) is 72.4 Å². The molecule has 0 amide bonds. The Morgan fingerprint density at radius 1 is 1.13 bits per heavy atom. The molecule has 1 N–H and O–H groups in total. The average Bonchev–Trinajstić information content (AvgIpc) is 2.81. The summed E-state index contributed by atoms with van der Waals surface area (Å²) in [6.07, 6.45) is 8.19. The maximum Gasteiger partial charge on any atom is 0.137 e. The van der Waals surface area contributed by atoms with E-state index in [4.69, 9.17) is 14.2 Å². The summed E-state index contributed by atoms with van der Waals surface area (Å²) in [4.78, 5) is 4.42. The molecule has 2 aromatic carbocycles. The van der Waals surface area contributed by atoms with Crippen LogP contribution in [0.15, 0.2) is 66.9 Å². The van der Waals surface area contributed by atoms with E-state index >= 15 is 0 Å². The van der Waals surface area contributed by atoms with Crippen LogP contribution in [0.5, 0.6) is 11.5 Å². The highest BCUT2D eigenvalue weighted by atomic mass is 16.5. The molecular weight excluding hydrogens is 376 g/mol. The van der Waals surface area contributed by atoms with E-state index in [1.54, 1.807) is 13.3 Å². The lowest BCUT2D eigenvalue weighted by Gasteiger charge is -2.29. The number of pyridine rings is 1. The Balaban J connectivity index is 1.23. The van der Waals surface area contributed by atoms with Crippen LogP contribution in [0.1, 0.15) is 18.4 Å². The Morgan fingerprint density at radius 3 is 2.83 bits per heavy atom. The van der Waals surface area contributed by atoms with Crippen molar-refractivity contribution in [1.29, 1.82) is 0 Å². The third kappa shape index (κ3) is 5.38. The monoisotopic (exact) mass is 404 g/mol. The summed E-state index contributed by atoms with van der Waals surface area (Å²) in [6.45, 7) is 2.09. The molecule has 30 heavy (non-hydrogen) atoms. The molecule has 0 saturated carbocycles. The van der Waals surface area contributed by atoms with E-state index in [-0.39, 0.29) is 6.10 Å². The van der Waals surface area contributed by atoms with Crippen LogP contribution >= 0.6 is 0 Å².